The van der Waals surface area contributed by atoms with E-state index in [-0.39, 0.29) is 6.61 Å². The van der Waals surface area contributed by atoms with Crippen molar-refractivity contribution in [3.8, 4) is 0 Å². The predicted molar refractivity (Wildman–Crippen MR) is 82.9 cm³/mol. The second kappa shape index (κ2) is 7.67. The highest BCUT2D eigenvalue weighted by atomic mass is 32.1. The van der Waals surface area contributed by atoms with Crippen molar-refractivity contribution in [2.75, 3.05) is 19.0 Å². The average molecular weight is 320 g/mol. The molecule has 1 aromatic heterocycles. The molecule has 0 saturated heterocycles. The van der Waals surface area contributed by atoms with Gasteiger partial charge < -0.3 is 9.47 Å². The van der Waals surface area contributed by atoms with Gasteiger partial charge >= 0.3 is 5.97 Å². The molecule has 6 nitrogen and oxygen atoms in total. The van der Waals surface area contributed by atoms with Crippen LogP contribution >= 0.6 is 11.3 Å². The third kappa shape index (κ3) is 4.64. The number of rotatable bonds is 6. The van der Waals surface area contributed by atoms with Gasteiger partial charge in [-0.25, -0.2) is 9.78 Å². The minimum Gasteiger partial charge on any atom is -0.452 e. The normalized spacial score (nSPS) is 10.3. The maximum absolute atomic E-state index is 11.8. The van der Waals surface area contributed by atoms with Gasteiger partial charge in [-0.3, -0.25) is 10.1 Å². The summed E-state index contributed by atoms with van der Waals surface area (Å²) >= 11 is 1.32. The molecule has 2 rings (SSSR count). The van der Waals surface area contributed by atoms with Crippen LogP contribution in [0.2, 0.25) is 0 Å². The Bertz CT molecular complexity index is 652. The van der Waals surface area contributed by atoms with Gasteiger partial charge in [0.25, 0.3) is 5.91 Å². The summed E-state index contributed by atoms with van der Waals surface area (Å²) in [6.07, 6.45) is 0. The van der Waals surface area contributed by atoms with Crippen LogP contribution in [0.25, 0.3) is 0 Å². The minimum atomic E-state index is -0.547. The quantitative estimate of drug-likeness (QED) is 0.827. The minimum absolute atomic E-state index is 0.350. The number of nitrogens with one attached hydrogen (secondary N) is 1. The van der Waals surface area contributed by atoms with Crippen molar-refractivity contribution in [1.82, 2.24) is 4.98 Å². The molecular formula is C15H16N2O4S. The number of benzene rings is 1. The zero-order valence-electron chi connectivity index (χ0n) is 12.3. The number of aromatic nitrogens is 1. The molecule has 0 aliphatic carbocycles. The molecule has 0 atom stereocenters. The number of amides is 1. The fourth-order valence-corrected chi connectivity index (χ4v) is 2.39. The summed E-state index contributed by atoms with van der Waals surface area (Å²) in [7, 11) is 1.60. The number of esters is 1. The van der Waals surface area contributed by atoms with Crippen LogP contribution in [0.4, 0.5) is 5.13 Å². The number of hydrogen-bond acceptors (Lipinski definition) is 6. The van der Waals surface area contributed by atoms with Crippen LogP contribution in [-0.2, 0) is 20.9 Å². The molecule has 0 saturated carbocycles. The first-order valence-corrected chi connectivity index (χ1v) is 7.43. The fraction of sp³-hybridized carbons (Fsp3) is 0.267. The van der Waals surface area contributed by atoms with Crippen molar-refractivity contribution < 1.29 is 19.1 Å². The van der Waals surface area contributed by atoms with Gasteiger partial charge in [-0.15, -0.1) is 11.3 Å². The lowest BCUT2D eigenvalue weighted by Gasteiger charge is -2.05. The lowest BCUT2D eigenvalue weighted by molar-refractivity contribution is -0.119. The van der Waals surface area contributed by atoms with E-state index >= 15 is 0 Å². The number of thiazole rings is 1. The van der Waals surface area contributed by atoms with E-state index in [1.54, 1.807) is 31.4 Å². The number of aryl methyl sites for hydroxylation is 1. The molecule has 0 spiro atoms. The summed E-state index contributed by atoms with van der Waals surface area (Å²) in [5.74, 6) is -0.965. The van der Waals surface area contributed by atoms with Gasteiger partial charge in [0.2, 0.25) is 0 Å². The van der Waals surface area contributed by atoms with E-state index in [0.29, 0.717) is 17.3 Å². The molecule has 1 amide bonds. The zero-order chi connectivity index (χ0) is 15.9. The molecule has 1 N–H and O–H groups in total. The fourth-order valence-electron chi connectivity index (χ4n) is 1.68. The maximum atomic E-state index is 11.8. The monoisotopic (exact) mass is 320 g/mol. The molecule has 0 aliphatic heterocycles. The first-order valence-electron chi connectivity index (χ1n) is 6.55. The molecule has 1 aromatic carbocycles. The Morgan fingerprint density at radius 2 is 2.00 bits per heavy atom. The Balaban J connectivity index is 1.82. The molecule has 0 aliphatic rings. The van der Waals surface area contributed by atoms with E-state index in [1.807, 2.05) is 12.3 Å². The van der Waals surface area contributed by atoms with Crippen LogP contribution < -0.4 is 5.32 Å². The van der Waals surface area contributed by atoms with Gasteiger partial charge in [-0.05, 0) is 24.6 Å². The Kier molecular flexibility index (Phi) is 5.62. The van der Waals surface area contributed by atoms with Crippen molar-refractivity contribution in [3.05, 3.63) is 46.5 Å². The molecule has 7 heteroatoms. The van der Waals surface area contributed by atoms with Crippen LogP contribution in [0.3, 0.4) is 0 Å². The highest BCUT2D eigenvalue weighted by Gasteiger charge is 2.11. The van der Waals surface area contributed by atoms with Crippen LogP contribution in [0.15, 0.2) is 29.6 Å². The molecule has 116 valence electrons. The summed E-state index contributed by atoms with van der Waals surface area (Å²) < 4.78 is 9.95. The van der Waals surface area contributed by atoms with E-state index in [4.69, 9.17) is 9.47 Å². The van der Waals surface area contributed by atoms with Crippen molar-refractivity contribution in [2.45, 2.75) is 13.5 Å². The number of nitrogens with zero attached hydrogens (tertiary/aromatic N) is 1. The van der Waals surface area contributed by atoms with Crippen molar-refractivity contribution in [3.63, 3.8) is 0 Å². The van der Waals surface area contributed by atoms with Gasteiger partial charge in [-0.1, -0.05) is 12.1 Å². The number of anilines is 1. The standard InChI is InChI=1S/C15H16N2O4S/c1-10-9-22-15(16-10)17-13(18)8-21-14(19)12-5-3-11(4-6-12)7-20-2/h3-6,9H,7-8H2,1-2H3,(H,16,17,18). The third-order valence-corrected chi connectivity index (χ3v) is 3.58. The van der Waals surface area contributed by atoms with Crippen LogP contribution in [0, 0.1) is 6.92 Å². The number of carbonyl (C=O) groups is 2. The summed E-state index contributed by atoms with van der Waals surface area (Å²) in [6.45, 7) is 1.96. The highest BCUT2D eigenvalue weighted by molar-refractivity contribution is 7.13. The van der Waals surface area contributed by atoms with Gasteiger partial charge in [0.15, 0.2) is 11.7 Å². The second-order valence-electron chi connectivity index (χ2n) is 4.55. The van der Waals surface area contributed by atoms with Gasteiger partial charge in [0.1, 0.15) is 0 Å². The molecule has 22 heavy (non-hydrogen) atoms. The van der Waals surface area contributed by atoms with Crippen LogP contribution in [-0.4, -0.2) is 30.6 Å². The SMILES string of the molecule is COCc1ccc(C(=O)OCC(=O)Nc2nc(C)cs2)cc1. The molecule has 0 unspecified atom stereocenters. The van der Waals surface area contributed by atoms with E-state index in [2.05, 4.69) is 10.3 Å². The summed E-state index contributed by atoms with van der Waals surface area (Å²) in [4.78, 5) is 27.6. The molecule has 0 fully saturated rings. The van der Waals surface area contributed by atoms with Gasteiger partial charge in [0, 0.05) is 12.5 Å². The van der Waals surface area contributed by atoms with E-state index < -0.39 is 11.9 Å². The van der Waals surface area contributed by atoms with Crippen LogP contribution in [0.5, 0.6) is 0 Å². The third-order valence-electron chi connectivity index (χ3n) is 2.70. The summed E-state index contributed by atoms with van der Waals surface area (Å²) in [5, 5.41) is 4.88. The van der Waals surface area contributed by atoms with Crippen molar-refractivity contribution >= 4 is 28.3 Å². The van der Waals surface area contributed by atoms with E-state index in [0.717, 1.165) is 11.3 Å². The van der Waals surface area contributed by atoms with Crippen LogP contribution in [0.1, 0.15) is 21.6 Å². The first-order chi connectivity index (χ1) is 10.6. The maximum Gasteiger partial charge on any atom is 0.338 e. The smallest absolute Gasteiger partial charge is 0.338 e. The molecule has 1 heterocycles. The lowest BCUT2D eigenvalue weighted by Crippen LogP contribution is -2.20. The largest absolute Gasteiger partial charge is 0.452 e. The Morgan fingerprint density at radius 3 is 2.59 bits per heavy atom. The Hall–Kier alpha value is -2.25. The number of methoxy groups -OCH3 is 1. The summed E-state index contributed by atoms with van der Waals surface area (Å²) in [5.41, 5.74) is 2.17. The molecule has 2 aromatic rings. The number of ether oxygens (including phenoxy) is 2. The Morgan fingerprint density at radius 1 is 1.27 bits per heavy atom. The highest BCUT2D eigenvalue weighted by Crippen LogP contribution is 2.14. The second-order valence-corrected chi connectivity index (χ2v) is 5.41. The predicted octanol–water partition coefficient (Wildman–Crippen LogP) is 2.39. The average Bonchev–Trinajstić information content (AvgIpc) is 2.91. The van der Waals surface area contributed by atoms with Gasteiger partial charge in [0.05, 0.1) is 17.9 Å². The lowest BCUT2D eigenvalue weighted by atomic mass is 10.1. The zero-order valence-corrected chi connectivity index (χ0v) is 13.1. The molecular weight excluding hydrogens is 304 g/mol. The molecule has 0 bridgehead atoms. The Labute approximate surface area is 132 Å². The van der Waals surface area contributed by atoms with E-state index in [1.165, 1.54) is 11.3 Å². The van der Waals surface area contributed by atoms with Crippen molar-refractivity contribution in [2.24, 2.45) is 0 Å². The van der Waals surface area contributed by atoms with Crippen molar-refractivity contribution in [1.29, 1.82) is 0 Å². The van der Waals surface area contributed by atoms with Gasteiger partial charge in [-0.2, -0.15) is 0 Å². The number of hydrogen-bond donors (Lipinski definition) is 1. The topological polar surface area (TPSA) is 77.5 Å². The summed E-state index contributed by atoms with van der Waals surface area (Å²) in [6, 6.07) is 6.83. The number of carbonyl (C=O) groups excluding carboxylic acids is 2. The molecule has 0 radical (unpaired) electrons. The first kappa shape index (κ1) is 16.1. The van der Waals surface area contributed by atoms with E-state index in [9.17, 15) is 9.59 Å².